The first kappa shape index (κ1) is 16.4. The number of hydrogen-bond acceptors (Lipinski definition) is 5. The van der Waals surface area contributed by atoms with Crippen molar-refractivity contribution in [2.75, 3.05) is 29.9 Å². The first-order valence-corrected chi connectivity index (χ1v) is 8.93. The van der Waals surface area contributed by atoms with Crippen LogP contribution in [0, 0.1) is 0 Å². The van der Waals surface area contributed by atoms with Gasteiger partial charge in [0.2, 0.25) is 5.91 Å². The van der Waals surface area contributed by atoms with Crippen molar-refractivity contribution in [3.05, 3.63) is 40.7 Å². The van der Waals surface area contributed by atoms with Crippen LogP contribution in [0.25, 0.3) is 0 Å². The second-order valence-electron chi connectivity index (χ2n) is 5.60. The number of amides is 2. The maximum atomic E-state index is 12.1. The monoisotopic (exact) mass is 344 g/mol. The number of aromatic nitrogens is 1. The molecule has 0 saturated carbocycles. The Labute approximate surface area is 144 Å². The SMILES string of the molecule is O=C(CCNC(=O)c1cccs1)Nc1cccnc1N1CCCC1. The molecule has 0 radical (unpaired) electrons. The van der Waals surface area contributed by atoms with E-state index in [1.165, 1.54) is 11.3 Å². The molecule has 3 rings (SSSR count). The van der Waals surface area contributed by atoms with Gasteiger partial charge in [0.25, 0.3) is 5.91 Å². The molecular formula is C17H20N4O2S. The Morgan fingerprint density at radius 3 is 2.79 bits per heavy atom. The lowest BCUT2D eigenvalue weighted by atomic mass is 10.3. The maximum Gasteiger partial charge on any atom is 0.261 e. The van der Waals surface area contributed by atoms with Crippen molar-refractivity contribution in [1.82, 2.24) is 10.3 Å². The highest BCUT2D eigenvalue weighted by Crippen LogP contribution is 2.26. The molecule has 2 aromatic rings. The van der Waals surface area contributed by atoms with Gasteiger partial charge in [0, 0.05) is 32.3 Å². The van der Waals surface area contributed by atoms with Gasteiger partial charge in [-0.05, 0) is 36.4 Å². The van der Waals surface area contributed by atoms with Gasteiger partial charge in [0.15, 0.2) is 5.82 Å². The largest absolute Gasteiger partial charge is 0.355 e. The molecule has 2 aromatic heterocycles. The van der Waals surface area contributed by atoms with E-state index in [0.29, 0.717) is 11.4 Å². The zero-order valence-electron chi connectivity index (χ0n) is 13.3. The number of pyridine rings is 1. The van der Waals surface area contributed by atoms with E-state index in [9.17, 15) is 9.59 Å². The standard InChI is InChI=1S/C17H20N4O2S/c22-15(7-9-19-17(23)14-6-4-12-24-14)20-13-5-3-8-18-16(13)21-10-1-2-11-21/h3-6,8,12H,1-2,7,9-11H2,(H,19,23)(H,20,22). The van der Waals surface area contributed by atoms with Crippen molar-refractivity contribution in [3.8, 4) is 0 Å². The summed E-state index contributed by atoms with van der Waals surface area (Å²) in [4.78, 5) is 31.2. The fraction of sp³-hybridized carbons (Fsp3) is 0.353. The van der Waals surface area contributed by atoms with Gasteiger partial charge in [0.1, 0.15) is 0 Å². The molecule has 0 aromatic carbocycles. The van der Waals surface area contributed by atoms with Gasteiger partial charge >= 0.3 is 0 Å². The normalized spacial score (nSPS) is 13.8. The number of thiophene rings is 1. The van der Waals surface area contributed by atoms with Crippen LogP contribution in [0.5, 0.6) is 0 Å². The summed E-state index contributed by atoms with van der Waals surface area (Å²) in [5.41, 5.74) is 0.731. The number of anilines is 2. The van der Waals surface area contributed by atoms with Crippen LogP contribution in [0.2, 0.25) is 0 Å². The minimum Gasteiger partial charge on any atom is -0.355 e. The van der Waals surface area contributed by atoms with Gasteiger partial charge in [-0.15, -0.1) is 11.3 Å². The van der Waals surface area contributed by atoms with Gasteiger partial charge in [-0.2, -0.15) is 0 Å². The number of carbonyl (C=O) groups is 2. The third-order valence-corrected chi connectivity index (χ3v) is 4.72. The Hall–Kier alpha value is -2.41. The minimum absolute atomic E-state index is 0.130. The van der Waals surface area contributed by atoms with E-state index in [2.05, 4.69) is 20.5 Å². The Bertz CT molecular complexity index is 696. The van der Waals surface area contributed by atoms with Crippen molar-refractivity contribution in [1.29, 1.82) is 0 Å². The molecule has 0 atom stereocenters. The molecule has 1 aliphatic heterocycles. The van der Waals surface area contributed by atoms with E-state index in [4.69, 9.17) is 0 Å². The molecule has 126 valence electrons. The average Bonchev–Trinajstić information content (AvgIpc) is 3.29. The Morgan fingerprint density at radius 1 is 1.21 bits per heavy atom. The molecule has 1 fully saturated rings. The van der Waals surface area contributed by atoms with E-state index in [1.54, 1.807) is 12.3 Å². The average molecular weight is 344 g/mol. The smallest absolute Gasteiger partial charge is 0.261 e. The summed E-state index contributed by atoms with van der Waals surface area (Å²) in [6.07, 6.45) is 4.27. The Morgan fingerprint density at radius 2 is 2.04 bits per heavy atom. The quantitative estimate of drug-likeness (QED) is 0.844. The topological polar surface area (TPSA) is 74.3 Å². The van der Waals surface area contributed by atoms with Crippen LogP contribution >= 0.6 is 11.3 Å². The highest BCUT2D eigenvalue weighted by Gasteiger charge is 2.18. The van der Waals surface area contributed by atoms with Gasteiger partial charge in [0.05, 0.1) is 10.6 Å². The maximum absolute atomic E-state index is 12.1. The zero-order chi connectivity index (χ0) is 16.8. The van der Waals surface area contributed by atoms with Crippen LogP contribution < -0.4 is 15.5 Å². The van der Waals surface area contributed by atoms with Crippen molar-refractivity contribution in [2.24, 2.45) is 0 Å². The molecule has 2 N–H and O–H groups in total. The highest BCUT2D eigenvalue weighted by atomic mass is 32.1. The first-order valence-electron chi connectivity index (χ1n) is 8.05. The number of nitrogens with zero attached hydrogens (tertiary/aromatic N) is 2. The third kappa shape index (κ3) is 4.11. The predicted molar refractivity (Wildman–Crippen MR) is 95.6 cm³/mol. The summed E-state index contributed by atoms with van der Waals surface area (Å²) < 4.78 is 0. The number of nitrogens with one attached hydrogen (secondary N) is 2. The van der Waals surface area contributed by atoms with Crippen molar-refractivity contribution >= 4 is 34.7 Å². The molecule has 7 heteroatoms. The first-order chi connectivity index (χ1) is 11.7. The van der Waals surface area contributed by atoms with Gasteiger partial charge in [-0.25, -0.2) is 4.98 Å². The van der Waals surface area contributed by atoms with Gasteiger partial charge < -0.3 is 15.5 Å². The van der Waals surface area contributed by atoms with Crippen LogP contribution in [-0.2, 0) is 4.79 Å². The molecule has 24 heavy (non-hydrogen) atoms. The van der Waals surface area contributed by atoms with Crippen molar-refractivity contribution in [3.63, 3.8) is 0 Å². The number of carbonyl (C=O) groups excluding carboxylic acids is 2. The summed E-state index contributed by atoms with van der Waals surface area (Å²) in [7, 11) is 0. The second kappa shape index (κ2) is 7.92. The number of rotatable bonds is 6. The Kier molecular flexibility index (Phi) is 5.43. The van der Waals surface area contributed by atoms with E-state index in [1.807, 2.05) is 23.6 Å². The van der Waals surface area contributed by atoms with Crippen LogP contribution in [0.1, 0.15) is 28.9 Å². The minimum atomic E-state index is -0.142. The van der Waals surface area contributed by atoms with E-state index < -0.39 is 0 Å². The van der Waals surface area contributed by atoms with Crippen LogP contribution in [0.3, 0.4) is 0 Å². The highest BCUT2D eigenvalue weighted by molar-refractivity contribution is 7.12. The van der Waals surface area contributed by atoms with Crippen LogP contribution in [0.15, 0.2) is 35.8 Å². The van der Waals surface area contributed by atoms with Crippen molar-refractivity contribution in [2.45, 2.75) is 19.3 Å². The van der Waals surface area contributed by atoms with E-state index in [-0.39, 0.29) is 18.2 Å². The second-order valence-corrected chi connectivity index (χ2v) is 6.55. The third-order valence-electron chi connectivity index (χ3n) is 3.85. The molecular weight excluding hydrogens is 324 g/mol. The summed E-state index contributed by atoms with van der Waals surface area (Å²) >= 11 is 1.38. The lowest BCUT2D eigenvalue weighted by Crippen LogP contribution is -2.27. The molecule has 0 spiro atoms. The molecule has 0 aliphatic carbocycles. The van der Waals surface area contributed by atoms with Gasteiger partial charge in [-0.3, -0.25) is 9.59 Å². The number of hydrogen-bond donors (Lipinski definition) is 2. The molecule has 1 aliphatic rings. The molecule has 1 saturated heterocycles. The lowest BCUT2D eigenvalue weighted by Gasteiger charge is -2.19. The van der Waals surface area contributed by atoms with E-state index in [0.717, 1.165) is 37.4 Å². The summed E-state index contributed by atoms with van der Waals surface area (Å²) in [6, 6.07) is 7.27. The molecule has 0 unspecified atom stereocenters. The van der Waals surface area contributed by atoms with Gasteiger partial charge in [-0.1, -0.05) is 6.07 Å². The van der Waals surface area contributed by atoms with Crippen molar-refractivity contribution < 1.29 is 9.59 Å². The van der Waals surface area contributed by atoms with Crippen LogP contribution in [0.4, 0.5) is 11.5 Å². The molecule has 6 nitrogen and oxygen atoms in total. The molecule has 3 heterocycles. The summed E-state index contributed by atoms with van der Waals surface area (Å²) in [5, 5.41) is 7.51. The zero-order valence-corrected chi connectivity index (χ0v) is 14.1. The fourth-order valence-electron chi connectivity index (χ4n) is 2.67. The van der Waals surface area contributed by atoms with E-state index >= 15 is 0 Å². The predicted octanol–water partition coefficient (Wildman–Crippen LogP) is 2.50. The molecule has 0 bridgehead atoms. The molecule has 2 amide bonds. The summed E-state index contributed by atoms with van der Waals surface area (Å²) in [5.74, 6) is 0.554. The van der Waals surface area contributed by atoms with Crippen LogP contribution in [-0.4, -0.2) is 36.4 Å². The Balaban J connectivity index is 1.51. The lowest BCUT2D eigenvalue weighted by molar-refractivity contribution is -0.116. The fourth-order valence-corrected chi connectivity index (χ4v) is 3.31. The summed E-state index contributed by atoms with van der Waals surface area (Å²) in [6.45, 7) is 2.25.